The van der Waals surface area contributed by atoms with Gasteiger partial charge < -0.3 is 5.11 Å². The van der Waals surface area contributed by atoms with E-state index in [2.05, 4.69) is 0 Å². The van der Waals surface area contributed by atoms with Gasteiger partial charge >= 0.3 is 0 Å². The second kappa shape index (κ2) is 2.98. The van der Waals surface area contributed by atoms with Gasteiger partial charge in [-0.25, -0.2) is 0 Å². The van der Waals surface area contributed by atoms with Crippen molar-refractivity contribution in [3.63, 3.8) is 0 Å². The van der Waals surface area contributed by atoms with Gasteiger partial charge in [-0.1, -0.05) is 38.4 Å². The second-order valence-corrected chi connectivity index (χ2v) is 4.29. The van der Waals surface area contributed by atoms with E-state index in [0.29, 0.717) is 5.02 Å². The first-order valence-corrected chi connectivity index (χ1v) is 4.28. The Balaban J connectivity index is 3.31. The fraction of sp³-hybridized carbons (Fsp3) is 0.400. The van der Waals surface area contributed by atoms with Crippen LogP contribution in [-0.2, 0) is 5.41 Å². The maximum atomic E-state index is 9.54. The Morgan fingerprint density at radius 2 is 1.83 bits per heavy atom. The Labute approximate surface area is 78.0 Å². The van der Waals surface area contributed by atoms with Gasteiger partial charge in [0.15, 0.2) is 0 Å². The summed E-state index contributed by atoms with van der Waals surface area (Å²) in [6, 6.07) is 5.20. The lowest BCUT2D eigenvalue weighted by Gasteiger charge is -2.21. The van der Waals surface area contributed by atoms with E-state index < -0.39 is 0 Å². The van der Waals surface area contributed by atoms with Crippen LogP contribution in [0, 0.1) is 0 Å². The molecule has 0 fully saturated rings. The van der Waals surface area contributed by atoms with E-state index in [0.717, 1.165) is 5.56 Å². The highest BCUT2D eigenvalue weighted by Gasteiger charge is 2.20. The quantitative estimate of drug-likeness (QED) is 0.656. The van der Waals surface area contributed by atoms with Crippen LogP contribution in [0.2, 0.25) is 5.02 Å². The molecule has 0 atom stereocenters. The van der Waals surface area contributed by atoms with Crippen LogP contribution < -0.4 is 0 Å². The summed E-state index contributed by atoms with van der Waals surface area (Å²) < 4.78 is 0. The van der Waals surface area contributed by atoms with Gasteiger partial charge in [0, 0.05) is 10.6 Å². The molecular formula is C10H13ClO. The molecule has 0 radical (unpaired) electrons. The third kappa shape index (κ3) is 1.72. The molecule has 66 valence electrons. The first-order valence-electron chi connectivity index (χ1n) is 3.91. The number of hydrogen-bond acceptors (Lipinski definition) is 1. The smallest absolute Gasteiger partial charge is 0.120 e. The van der Waals surface area contributed by atoms with E-state index in [1.165, 1.54) is 0 Å². The lowest BCUT2D eigenvalue weighted by molar-refractivity contribution is 0.447. The van der Waals surface area contributed by atoms with Crippen LogP contribution in [0.3, 0.4) is 0 Å². The highest BCUT2D eigenvalue weighted by Crippen LogP contribution is 2.35. The minimum Gasteiger partial charge on any atom is -0.508 e. The third-order valence-electron chi connectivity index (χ3n) is 1.74. The van der Waals surface area contributed by atoms with Gasteiger partial charge in [-0.2, -0.15) is 0 Å². The van der Waals surface area contributed by atoms with Crippen LogP contribution in [0.4, 0.5) is 0 Å². The Hall–Kier alpha value is -0.690. The lowest BCUT2D eigenvalue weighted by atomic mass is 9.86. The Morgan fingerprint density at radius 1 is 1.25 bits per heavy atom. The zero-order chi connectivity index (χ0) is 9.35. The van der Waals surface area contributed by atoms with Crippen LogP contribution in [-0.4, -0.2) is 5.11 Å². The van der Waals surface area contributed by atoms with Crippen molar-refractivity contribution in [1.29, 1.82) is 0 Å². The fourth-order valence-corrected chi connectivity index (χ4v) is 1.71. The van der Waals surface area contributed by atoms with E-state index in [9.17, 15) is 5.11 Å². The summed E-state index contributed by atoms with van der Waals surface area (Å²) in [5, 5.41) is 10.2. The number of halogens is 1. The van der Waals surface area contributed by atoms with Gasteiger partial charge in [-0.3, -0.25) is 0 Å². The molecule has 0 saturated heterocycles. The molecule has 1 aromatic carbocycles. The van der Waals surface area contributed by atoms with Gasteiger partial charge in [0.2, 0.25) is 0 Å². The van der Waals surface area contributed by atoms with Crippen molar-refractivity contribution in [1.82, 2.24) is 0 Å². The molecule has 0 bridgehead atoms. The predicted octanol–water partition coefficient (Wildman–Crippen LogP) is 3.34. The van der Waals surface area contributed by atoms with Gasteiger partial charge in [0.05, 0.1) is 0 Å². The Morgan fingerprint density at radius 3 is 2.17 bits per heavy atom. The van der Waals surface area contributed by atoms with Gasteiger partial charge in [-0.05, 0) is 17.5 Å². The van der Waals surface area contributed by atoms with Crippen LogP contribution >= 0.6 is 11.6 Å². The minimum atomic E-state index is -0.109. The van der Waals surface area contributed by atoms with Crippen LogP contribution in [0.25, 0.3) is 0 Å². The van der Waals surface area contributed by atoms with Crippen LogP contribution in [0.5, 0.6) is 5.75 Å². The number of rotatable bonds is 0. The molecule has 0 unspecified atom stereocenters. The monoisotopic (exact) mass is 184 g/mol. The van der Waals surface area contributed by atoms with E-state index >= 15 is 0 Å². The Kier molecular flexibility index (Phi) is 2.34. The third-order valence-corrected chi connectivity index (χ3v) is 2.06. The summed E-state index contributed by atoms with van der Waals surface area (Å²) in [5.74, 6) is 0.273. The predicted molar refractivity (Wildman–Crippen MR) is 51.8 cm³/mol. The van der Waals surface area contributed by atoms with Crippen molar-refractivity contribution in [3.05, 3.63) is 28.8 Å². The maximum Gasteiger partial charge on any atom is 0.120 e. The minimum absolute atomic E-state index is 0.109. The molecule has 0 aromatic heterocycles. The summed E-state index contributed by atoms with van der Waals surface area (Å²) in [6.45, 7) is 6.07. The van der Waals surface area contributed by atoms with E-state index in [-0.39, 0.29) is 11.2 Å². The Bertz CT molecular complexity index is 266. The topological polar surface area (TPSA) is 20.2 Å². The lowest BCUT2D eigenvalue weighted by Crippen LogP contribution is -2.11. The molecule has 0 aliphatic rings. The van der Waals surface area contributed by atoms with Crippen molar-refractivity contribution in [2.24, 2.45) is 0 Å². The van der Waals surface area contributed by atoms with E-state index in [1.807, 2.05) is 20.8 Å². The molecule has 1 aromatic rings. The highest BCUT2D eigenvalue weighted by atomic mass is 35.5. The van der Waals surface area contributed by atoms with Crippen molar-refractivity contribution < 1.29 is 5.11 Å². The van der Waals surface area contributed by atoms with Gasteiger partial charge in [0.25, 0.3) is 0 Å². The van der Waals surface area contributed by atoms with E-state index in [4.69, 9.17) is 11.6 Å². The molecule has 0 aliphatic heterocycles. The summed E-state index contributed by atoms with van der Waals surface area (Å²) in [5.41, 5.74) is 0.703. The summed E-state index contributed by atoms with van der Waals surface area (Å²) in [4.78, 5) is 0. The van der Waals surface area contributed by atoms with Crippen LogP contribution in [0.15, 0.2) is 18.2 Å². The summed E-state index contributed by atoms with van der Waals surface area (Å²) >= 11 is 5.95. The molecule has 1 N–H and O–H groups in total. The second-order valence-electron chi connectivity index (χ2n) is 3.88. The number of hydrogen-bond donors (Lipinski definition) is 1. The van der Waals surface area contributed by atoms with Gasteiger partial charge in [-0.15, -0.1) is 0 Å². The fourth-order valence-electron chi connectivity index (χ4n) is 1.26. The van der Waals surface area contributed by atoms with Crippen molar-refractivity contribution in [2.45, 2.75) is 26.2 Å². The van der Waals surface area contributed by atoms with Crippen molar-refractivity contribution in [2.75, 3.05) is 0 Å². The summed E-state index contributed by atoms with van der Waals surface area (Å²) in [7, 11) is 0. The molecule has 1 nitrogen and oxygen atoms in total. The van der Waals surface area contributed by atoms with E-state index in [1.54, 1.807) is 18.2 Å². The number of phenolic OH excluding ortho intramolecular Hbond substituents is 1. The highest BCUT2D eigenvalue weighted by molar-refractivity contribution is 6.31. The average Bonchev–Trinajstić information content (AvgIpc) is 1.82. The zero-order valence-corrected chi connectivity index (χ0v) is 8.31. The molecule has 12 heavy (non-hydrogen) atoms. The molecule has 1 rings (SSSR count). The molecule has 0 heterocycles. The van der Waals surface area contributed by atoms with Crippen LogP contribution in [0.1, 0.15) is 26.3 Å². The zero-order valence-electron chi connectivity index (χ0n) is 7.56. The average molecular weight is 185 g/mol. The summed E-state index contributed by atoms with van der Waals surface area (Å²) in [6.07, 6.45) is 0. The largest absolute Gasteiger partial charge is 0.508 e. The number of aromatic hydroxyl groups is 1. The SMILES string of the molecule is CC(C)(C)c1c(O)cccc1Cl. The van der Waals surface area contributed by atoms with Crippen molar-refractivity contribution >= 4 is 11.6 Å². The molecule has 0 amide bonds. The molecule has 0 saturated carbocycles. The first kappa shape index (κ1) is 9.40. The molecule has 0 spiro atoms. The molecule has 2 heteroatoms. The standard InChI is InChI=1S/C10H13ClO/c1-10(2,3)9-7(11)5-4-6-8(9)12/h4-6,12H,1-3H3. The number of phenols is 1. The van der Waals surface area contributed by atoms with Crippen molar-refractivity contribution in [3.8, 4) is 5.75 Å². The molecule has 0 aliphatic carbocycles. The molecular weight excluding hydrogens is 172 g/mol. The number of benzene rings is 1. The van der Waals surface area contributed by atoms with Gasteiger partial charge in [0.1, 0.15) is 5.75 Å². The maximum absolute atomic E-state index is 9.54. The first-order chi connectivity index (χ1) is 5.43. The normalized spacial score (nSPS) is 11.7.